The summed E-state index contributed by atoms with van der Waals surface area (Å²) in [6.07, 6.45) is 0.853. The number of hydrogen-bond donors (Lipinski definition) is 1. The molecular weight excluding hydrogens is 303 g/mol. The van der Waals surface area contributed by atoms with Crippen molar-refractivity contribution in [3.63, 3.8) is 0 Å². The Bertz CT molecular complexity index is 731. The highest BCUT2D eigenvalue weighted by Gasteiger charge is 2.47. The van der Waals surface area contributed by atoms with Gasteiger partial charge < -0.3 is 10.6 Å². The predicted molar refractivity (Wildman–Crippen MR) is 91.0 cm³/mol. The van der Waals surface area contributed by atoms with E-state index in [9.17, 15) is 9.18 Å². The molecule has 1 aliphatic carbocycles. The maximum Gasteiger partial charge on any atom is 0.226 e. The molecule has 2 aromatic carbocycles. The van der Waals surface area contributed by atoms with Gasteiger partial charge in [-0.15, -0.1) is 0 Å². The minimum absolute atomic E-state index is 0.0145. The van der Waals surface area contributed by atoms with Crippen LogP contribution in [0.4, 0.5) is 4.39 Å². The van der Waals surface area contributed by atoms with Crippen molar-refractivity contribution < 1.29 is 9.18 Å². The molecule has 3 nitrogen and oxygen atoms in total. The van der Waals surface area contributed by atoms with E-state index < -0.39 is 0 Å². The average molecular weight is 324 g/mol. The second-order valence-corrected chi connectivity index (χ2v) is 6.92. The van der Waals surface area contributed by atoms with Crippen LogP contribution in [-0.4, -0.2) is 29.9 Å². The Morgan fingerprint density at radius 3 is 2.33 bits per heavy atom. The van der Waals surface area contributed by atoms with E-state index in [0.717, 1.165) is 12.0 Å². The van der Waals surface area contributed by atoms with Gasteiger partial charge in [0.1, 0.15) is 5.82 Å². The van der Waals surface area contributed by atoms with Crippen molar-refractivity contribution in [3.8, 4) is 0 Å². The van der Waals surface area contributed by atoms with Crippen LogP contribution in [0.3, 0.4) is 0 Å². The highest BCUT2D eigenvalue weighted by Crippen LogP contribution is 2.49. The van der Waals surface area contributed by atoms with Crippen LogP contribution in [0.25, 0.3) is 0 Å². The van der Waals surface area contributed by atoms with E-state index in [0.29, 0.717) is 13.1 Å². The Morgan fingerprint density at radius 1 is 0.958 bits per heavy atom. The van der Waals surface area contributed by atoms with Gasteiger partial charge in [-0.05, 0) is 35.6 Å². The summed E-state index contributed by atoms with van der Waals surface area (Å²) >= 11 is 0. The largest absolute Gasteiger partial charge is 0.340 e. The van der Waals surface area contributed by atoms with Crippen molar-refractivity contribution in [1.82, 2.24) is 4.90 Å². The minimum Gasteiger partial charge on any atom is -0.340 e. The van der Waals surface area contributed by atoms with E-state index in [1.165, 1.54) is 17.7 Å². The van der Waals surface area contributed by atoms with Gasteiger partial charge in [-0.25, -0.2) is 4.39 Å². The van der Waals surface area contributed by atoms with Crippen LogP contribution < -0.4 is 5.73 Å². The van der Waals surface area contributed by atoms with Gasteiger partial charge >= 0.3 is 0 Å². The van der Waals surface area contributed by atoms with Gasteiger partial charge in [-0.3, -0.25) is 4.79 Å². The smallest absolute Gasteiger partial charge is 0.226 e. The standard InChI is InChI=1S/C20H21FN2O/c21-15-8-6-14(7-9-15)16-10-17(16)20(24)23-11-18(19(22)12-23)13-4-2-1-3-5-13/h1-9,16-19H,10-12,22H2/t16?,17?,18-,19+/m0/s1. The van der Waals surface area contributed by atoms with Crippen LogP contribution >= 0.6 is 0 Å². The molecule has 2 aliphatic rings. The van der Waals surface area contributed by atoms with E-state index in [4.69, 9.17) is 5.73 Å². The third kappa shape index (κ3) is 2.82. The highest BCUT2D eigenvalue weighted by molar-refractivity contribution is 5.83. The Morgan fingerprint density at radius 2 is 1.62 bits per heavy atom. The third-order valence-electron chi connectivity index (χ3n) is 5.31. The number of benzene rings is 2. The molecule has 2 fully saturated rings. The number of hydrogen-bond acceptors (Lipinski definition) is 2. The first-order valence-corrected chi connectivity index (χ1v) is 8.48. The lowest BCUT2D eigenvalue weighted by atomic mass is 9.95. The summed E-state index contributed by atoms with van der Waals surface area (Å²) in [7, 11) is 0. The Hall–Kier alpha value is -2.20. The van der Waals surface area contributed by atoms with Crippen LogP contribution in [-0.2, 0) is 4.79 Å². The summed E-state index contributed by atoms with van der Waals surface area (Å²) in [5.74, 6) is 0.414. The van der Waals surface area contributed by atoms with Gasteiger partial charge in [-0.2, -0.15) is 0 Å². The zero-order valence-corrected chi connectivity index (χ0v) is 13.4. The molecule has 1 aliphatic heterocycles. The highest BCUT2D eigenvalue weighted by atomic mass is 19.1. The molecule has 2 aromatic rings. The van der Waals surface area contributed by atoms with Gasteiger partial charge in [-0.1, -0.05) is 42.5 Å². The summed E-state index contributed by atoms with van der Waals surface area (Å²) in [5, 5.41) is 0. The summed E-state index contributed by atoms with van der Waals surface area (Å²) in [5.41, 5.74) is 8.54. The number of rotatable bonds is 3. The number of nitrogens with two attached hydrogens (primary N) is 1. The Labute approximate surface area is 141 Å². The average Bonchev–Trinajstić information content (AvgIpc) is 3.31. The molecule has 4 rings (SSSR count). The molecule has 1 amide bonds. The van der Waals surface area contributed by atoms with Crippen molar-refractivity contribution in [2.24, 2.45) is 11.7 Å². The van der Waals surface area contributed by atoms with Gasteiger partial charge in [0.25, 0.3) is 0 Å². The normalized spacial score (nSPS) is 28.8. The maximum atomic E-state index is 13.0. The fourth-order valence-corrected chi connectivity index (χ4v) is 3.84. The molecule has 124 valence electrons. The molecule has 0 radical (unpaired) electrons. The number of carbonyl (C=O) groups excluding carboxylic acids is 1. The molecule has 1 heterocycles. The van der Waals surface area contributed by atoms with Crippen molar-refractivity contribution in [2.75, 3.05) is 13.1 Å². The summed E-state index contributed by atoms with van der Waals surface area (Å²) < 4.78 is 13.0. The van der Waals surface area contributed by atoms with Gasteiger partial charge in [0.15, 0.2) is 0 Å². The van der Waals surface area contributed by atoms with Crippen LogP contribution in [0, 0.1) is 11.7 Å². The molecule has 0 spiro atoms. The molecule has 2 N–H and O–H groups in total. The molecule has 4 heteroatoms. The lowest BCUT2D eigenvalue weighted by Crippen LogP contribution is -2.33. The van der Waals surface area contributed by atoms with E-state index in [-0.39, 0.29) is 35.5 Å². The lowest BCUT2D eigenvalue weighted by Gasteiger charge is -2.16. The van der Waals surface area contributed by atoms with Crippen LogP contribution in [0.15, 0.2) is 54.6 Å². The molecule has 4 atom stereocenters. The number of halogens is 1. The van der Waals surface area contributed by atoms with Crippen molar-refractivity contribution in [2.45, 2.75) is 24.3 Å². The molecule has 0 aromatic heterocycles. The number of nitrogens with zero attached hydrogens (tertiary/aromatic N) is 1. The van der Waals surface area contributed by atoms with Gasteiger partial charge in [0.2, 0.25) is 5.91 Å². The second kappa shape index (κ2) is 6.02. The molecule has 24 heavy (non-hydrogen) atoms. The minimum atomic E-state index is -0.238. The van der Waals surface area contributed by atoms with Crippen LogP contribution in [0.1, 0.15) is 29.4 Å². The maximum absolute atomic E-state index is 13.0. The summed E-state index contributed by atoms with van der Waals surface area (Å²) in [6, 6.07) is 16.7. The van der Waals surface area contributed by atoms with Gasteiger partial charge in [0, 0.05) is 31.0 Å². The van der Waals surface area contributed by atoms with E-state index in [2.05, 4.69) is 12.1 Å². The zero-order chi connectivity index (χ0) is 16.7. The van der Waals surface area contributed by atoms with Crippen molar-refractivity contribution in [1.29, 1.82) is 0 Å². The summed E-state index contributed by atoms with van der Waals surface area (Å²) in [6.45, 7) is 1.31. The number of carbonyl (C=O) groups is 1. The van der Waals surface area contributed by atoms with Crippen LogP contribution in [0.2, 0.25) is 0 Å². The number of likely N-dealkylation sites (tertiary alicyclic amines) is 1. The fraction of sp³-hybridized carbons (Fsp3) is 0.350. The molecule has 1 saturated carbocycles. The van der Waals surface area contributed by atoms with Gasteiger partial charge in [0.05, 0.1) is 0 Å². The first kappa shape index (κ1) is 15.3. The topological polar surface area (TPSA) is 46.3 Å². The molecular formula is C20H21FN2O. The quantitative estimate of drug-likeness (QED) is 0.944. The van der Waals surface area contributed by atoms with Crippen molar-refractivity contribution >= 4 is 5.91 Å². The third-order valence-corrected chi connectivity index (χ3v) is 5.31. The fourth-order valence-electron chi connectivity index (χ4n) is 3.84. The van der Waals surface area contributed by atoms with E-state index >= 15 is 0 Å². The van der Waals surface area contributed by atoms with E-state index in [1.54, 1.807) is 12.1 Å². The lowest BCUT2D eigenvalue weighted by molar-refractivity contribution is -0.131. The second-order valence-electron chi connectivity index (χ2n) is 6.92. The SMILES string of the molecule is N[C@@H]1CN(C(=O)C2CC2c2ccc(F)cc2)C[C@H]1c1ccccc1. The Balaban J connectivity index is 1.42. The first-order chi connectivity index (χ1) is 11.6. The van der Waals surface area contributed by atoms with Crippen molar-refractivity contribution in [3.05, 3.63) is 71.5 Å². The summed E-state index contributed by atoms with van der Waals surface area (Å²) in [4.78, 5) is 14.7. The molecule has 1 saturated heterocycles. The first-order valence-electron chi connectivity index (χ1n) is 8.48. The van der Waals surface area contributed by atoms with E-state index in [1.807, 2.05) is 23.1 Å². The predicted octanol–water partition coefficient (Wildman–Crippen LogP) is 2.88. The zero-order valence-electron chi connectivity index (χ0n) is 13.4. The molecule has 0 bridgehead atoms. The Kier molecular flexibility index (Phi) is 3.85. The number of amides is 1. The van der Waals surface area contributed by atoms with Crippen LogP contribution in [0.5, 0.6) is 0 Å². The monoisotopic (exact) mass is 324 g/mol. The molecule has 2 unspecified atom stereocenters.